The normalized spacial score (nSPS) is 20.3. The van der Waals surface area contributed by atoms with Crippen LogP contribution in [0.25, 0.3) is 0 Å². The van der Waals surface area contributed by atoms with Crippen molar-refractivity contribution in [3.8, 4) is 0 Å². The second kappa shape index (κ2) is 6.47. The molecule has 1 aromatic heterocycles. The van der Waals surface area contributed by atoms with Crippen LogP contribution < -0.4 is 4.90 Å². The molecule has 2 fully saturated rings. The van der Waals surface area contributed by atoms with Gasteiger partial charge in [-0.1, -0.05) is 6.07 Å². The SMILES string of the molecule is CS(=O)(=O)Cc1ccc(N2CCC(N3CCCC3=O)CC2)nc1. The molecule has 0 atom stereocenters. The van der Waals surface area contributed by atoms with E-state index in [0.29, 0.717) is 23.9 Å². The molecule has 3 rings (SSSR count). The van der Waals surface area contributed by atoms with E-state index in [1.165, 1.54) is 6.26 Å². The molecule has 1 amide bonds. The standard InChI is InChI=1S/C16H23N3O3S/c1-23(21,22)12-13-4-5-15(17-11-13)18-9-6-14(7-10-18)19-8-2-3-16(19)20/h4-5,11,14H,2-3,6-10,12H2,1H3. The maximum atomic E-state index is 11.8. The fourth-order valence-corrected chi connectivity index (χ4v) is 4.23. The Kier molecular flexibility index (Phi) is 4.57. The Hall–Kier alpha value is -1.63. The second-order valence-electron chi connectivity index (χ2n) is 6.50. The molecular weight excluding hydrogens is 314 g/mol. The molecule has 0 bridgehead atoms. The van der Waals surface area contributed by atoms with Gasteiger partial charge in [-0.15, -0.1) is 0 Å². The molecule has 0 spiro atoms. The fraction of sp³-hybridized carbons (Fsp3) is 0.625. The number of piperidine rings is 1. The number of carbonyl (C=O) groups is 1. The van der Waals surface area contributed by atoms with Crippen LogP contribution in [0, 0.1) is 0 Å². The molecule has 0 aromatic carbocycles. The first-order chi connectivity index (χ1) is 10.9. The highest BCUT2D eigenvalue weighted by molar-refractivity contribution is 7.89. The zero-order chi connectivity index (χ0) is 16.4. The van der Waals surface area contributed by atoms with Gasteiger partial charge in [-0.3, -0.25) is 4.79 Å². The number of anilines is 1. The Morgan fingerprint density at radius 3 is 2.48 bits per heavy atom. The van der Waals surface area contributed by atoms with Gasteiger partial charge in [0.2, 0.25) is 5.91 Å². The summed E-state index contributed by atoms with van der Waals surface area (Å²) in [5.41, 5.74) is 0.716. The van der Waals surface area contributed by atoms with Crippen LogP contribution in [0.15, 0.2) is 18.3 Å². The van der Waals surface area contributed by atoms with Gasteiger partial charge < -0.3 is 9.80 Å². The zero-order valence-electron chi connectivity index (χ0n) is 13.4. The van der Waals surface area contributed by atoms with Gasteiger partial charge in [-0.05, 0) is 30.9 Å². The van der Waals surface area contributed by atoms with Crippen LogP contribution in [-0.2, 0) is 20.4 Å². The quantitative estimate of drug-likeness (QED) is 0.826. The summed E-state index contributed by atoms with van der Waals surface area (Å²) >= 11 is 0. The number of hydrogen-bond acceptors (Lipinski definition) is 5. The zero-order valence-corrected chi connectivity index (χ0v) is 14.3. The second-order valence-corrected chi connectivity index (χ2v) is 8.64. The minimum atomic E-state index is -3.03. The molecule has 0 aliphatic carbocycles. The van der Waals surface area contributed by atoms with Crippen molar-refractivity contribution in [2.24, 2.45) is 0 Å². The number of pyridine rings is 1. The predicted octanol–water partition coefficient (Wildman–Crippen LogP) is 1.22. The minimum absolute atomic E-state index is 0.0272. The molecule has 23 heavy (non-hydrogen) atoms. The summed E-state index contributed by atoms with van der Waals surface area (Å²) < 4.78 is 22.6. The lowest BCUT2D eigenvalue weighted by Gasteiger charge is -2.37. The van der Waals surface area contributed by atoms with Gasteiger partial charge in [0.25, 0.3) is 0 Å². The summed E-state index contributed by atoms with van der Waals surface area (Å²) in [6.45, 7) is 2.67. The molecular formula is C16H23N3O3S. The van der Waals surface area contributed by atoms with Gasteiger partial charge in [-0.25, -0.2) is 13.4 Å². The van der Waals surface area contributed by atoms with Crippen molar-refractivity contribution in [1.29, 1.82) is 0 Å². The summed E-state index contributed by atoms with van der Waals surface area (Å²) in [5, 5.41) is 0. The van der Waals surface area contributed by atoms with Crippen LogP contribution in [0.3, 0.4) is 0 Å². The van der Waals surface area contributed by atoms with Crippen molar-refractivity contribution in [2.45, 2.75) is 37.5 Å². The number of hydrogen-bond donors (Lipinski definition) is 0. The van der Waals surface area contributed by atoms with Crippen LogP contribution in [0.5, 0.6) is 0 Å². The Balaban J connectivity index is 1.58. The average molecular weight is 337 g/mol. The lowest BCUT2D eigenvalue weighted by Crippen LogP contribution is -2.45. The summed E-state index contributed by atoms with van der Waals surface area (Å²) in [7, 11) is -3.03. The Morgan fingerprint density at radius 1 is 1.22 bits per heavy atom. The fourth-order valence-electron chi connectivity index (χ4n) is 3.45. The molecule has 0 radical (unpaired) electrons. The van der Waals surface area contributed by atoms with Crippen LogP contribution >= 0.6 is 0 Å². The van der Waals surface area contributed by atoms with E-state index in [1.807, 2.05) is 17.0 Å². The van der Waals surface area contributed by atoms with Gasteiger partial charge in [0, 0.05) is 44.5 Å². The van der Waals surface area contributed by atoms with E-state index in [0.717, 1.165) is 44.7 Å². The Bertz CT molecular complexity index is 664. The Morgan fingerprint density at radius 2 is 1.96 bits per heavy atom. The van der Waals surface area contributed by atoms with Crippen LogP contribution in [0.4, 0.5) is 5.82 Å². The smallest absolute Gasteiger partial charge is 0.222 e. The maximum Gasteiger partial charge on any atom is 0.222 e. The molecule has 7 heteroatoms. The number of carbonyl (C=O) groups excluding carboxylic acids is 1. The highest BCUT2D eigenvalue weighted by Gasteiger charge is 2.30. The molecule has 3 heterocycles. The Labute approximate surface area is 137 Å². The van der Waals surface area contributed by atoms with E-state index in [1.54, 1.807) is 6.20 Å². The topological polar surface area (TPSA) is 70.6 Å². The first-order valence-corrected chi connectivity index (χ1v) is 10.2. The van der Waals surface area contributed by atoms with Crippen molar-refractivity contribution in [3.63, 3.8) is 0 Å². The largest absolute Gasteiger partial charge is 0.356 e. The van der Waals surface area contributed by atoms with Gasteiger partial charge in [0.05, 0.1) is 5.75 Å². The minimum Gasteiger partial charge on any atom is -0.356 e. The average Bonchev–Trinajstić information content (AvgIpc) is 2.93. The van der Waals surface area contributed by atoms with Crippen molar-refractivity contribution >= 4 is 21.6 Å². The summed E-state index contributed by atoms with van der Waals surface area (Å²) in [5.74, 6) is 1.21. The van der Waals surface area contributed by atoms with Crippen LogP contribution in [-0.4, -0.2) is 56.1 Å². The number of sulfone groups is 1. The van der Waals surface area contributed by atoms with Crippen molar-refractivity contribution in [2.75, 3.05) is 30.8 Å². The third-order valence-corrected chi connectivity index (χ3v) is 5.43. The van der Waals surface area contributed by atoms with Crippen molar-refractivity contribution in [1.82, 2.24) is 9.88 Å². The van der Waals surface area contributed by atoms with E-state index >= 15 is 0 Å². The molecule has 2 aliphatic heterocycles. The monoisotopic (exact) mass is 337 g/mol. The van der Waals surface area contributed by atoms with Crippen LogP contribution in [0.1, 0.15) is 31.2 Å². The molecule has 6 nitrogen and oxygen atoms in total. The van der Waals surface area contributed by atoms with Gasteiger partial charge in [0.15, 0.2) is 9.84 Å². The number of rotatable bonds is 4. The molecule has 2 aliphatic rings. The number of nitrogens with zero attached hydrogens (tertiary/aromatic N) is 3. The summed E-state index contributed by atoms with van der Waals surface area (Å²) in [6, 6.07) is 4.09. The van der Waals surface area contributed by atoms with Crippen molar-refractivity contribution in [3.05, 3.63) is 23.9 Å². The highest BCUT2D eigenvalue weighted by Crippen LogP contribution is 2.24. The molecule has 0 unspecified atom stereocenters. The lowest BCUT2D eigenvalue weighted by molar-refractivity contribution is -0.130. The van der Waals surface area contributed by atoms with Gasteiger partial charge >= 0.3 is 0 Å². The maximum absolute atomic E-state index is 11.8. The number of likely N-dealkylation sites (tertiary alicyclic amines) is 1. The van der Waals surface area contributed by atoms with Crippen molar-refractivity contribution < 1.29 is 13.2 Å². The first-order valence-electron chi connectivity index (χ1n) is 8.09. The highest BCUT2D eigenvalue weighted by atomic mass is 32.2. The van der Waals surface area contributed by atoms with E-state index in [4.69, 9.17) is 0 Å². The predicted molar refractivity (Wildman–Crippen MR) is 89.0 cm³/mol. The van der Waals surface area contributed by atoms with Crippen LogP contribution in [0.2, 0.25) is 0 Å². The summed E-state index contributed by atoms with van der Waals surface area (Å²) in [6.07, 6.45) is 6.50. The summed E-state index contributed by atoms with van der Waals surface area (Å²) in [4.78, 5) is 20.5. The van der Waals surface area contributed by atoms with Gasteiger partial charge in [0.1, 0.15) is 5.82 Å². The molecule has 0 saturated carbocycles. The number of aromatic nitrogens is 1. The van der Waals surface area contributed by atoms with E-state index in [-0.39, 0.29) is 5.75 Å². The first kappa shape index (κ1) is 16.2. The third kappa shape index (κ3) is 4.02. The molecule has 126 valence electrons. The van der Waals surface area contributed by atoms with E-state index < -0.39 is 9.84 Å². The third-order valence-electron chi connectivity index (χ3n) is 4.58. The molecule has 1 aromatic rings. The van der Waals surface area contributed by atoms with Gasteiger partial charge in [-0.2, -0.15) is 0 Å². The molecule has 2 saturated heterocycles. The van der Waals surface area contributed by atoms with E-state index in [2.05, 4.69) is 9.88 Å². The lowest BCUT2D eigenvalue weighted by atomic mass is 10.0. The number of amides is 1. The van der Waals surface area contributed by atoms with E-state index in [9.17, 15) is 13.2 Å². The molecule has 0 N–H and O–H groups in total.